The number of ether oxygens (including phenoxy) is 1. The van der Waals surface area contributed by atoms with Crippen LogP contribution in [0.5, 0.6) is 0 Å². The third kappa shape index (κ3) is 8.22. The summed E-state index contributed by atoms with van der Waals surface area (Å²) in [5, 5.41) is 8.27. The van der Waals surface area contributed by atoms with Crippen molar-refractivity contribution in [3.8, 4) is 6.26 Å². The summed E-state index contributed by atoms with van der Waals surface area (Å²) in [4.78, 5) is 0. The smallest absolute Gasteiger partial charge is 0.286 e. The number of halogens is 2. The van der Waals surface area contributed by atoms with Crippen molar-refractivity contribution in [3.63, 3.8) is 0 Å². The highest BCUT2D eigenvalue weighted by molar-refractivity contribution is 9.10. The van der Waals surface area contributed by atoms with Gasteiger partial charge in [-0.15, -0.1) is 0 Å². The second-order valence-electron chi connectivity index (χ2n) is 4.74. The maximum atomic E-state index is 8.27. The first-order valence-corrected chi connectivity index (χ1v) is 8.34. The lowest BCUT2D eigenvalue weighted by atomic mass is 10.1. The van der Waals surface area contributed by atoms with E-state index in [1.165, 1.54) is 5.56 Å². The average Bonchev–Trinajstić information content (AvgIpc) is 2.49. The molecule has 0 unspecified atom stereocenters. The van der Waals surface area contributed by atoms with Crippen LogP contribution in [-0.2, 0) is 4.74 Å². The van der Waals surface area contributed by atoms with Gasteiger partial charge in [-0.2, -0.15) is 5.26 Å². The van der Waals surface area contributed by atoms with Crippen molar-refractivity contribution in [2.24, 2.45) is 5.73 Å². The number of rotatable bonds is 3. The summed E-state index contributed by atoms with van der Waals surface area (Å²) in [7, 11) is 0. The molecule has 0 spiro atoms. The molecule has 0 amide bonds. The van der Waals surface area contributed by atoms with Crippen molar-refractivity contribution >= 4 is 40.3 Å². The third-order valence-corrected chi connectivity index (χ3v) is 4.02. The first-order valence-electron chi connectivity index (χ1n) is 6.75. The number of hydrogen-bond acceptors (Lipinski definition) is 3. The highest BCUT2D eigenvalue weighted by Gasteiger charge is 2.04. The second kappa shape index (κ2) is 11.3. The van der Waals surface area contributed by atoms with Crippen LogP contribution in [0.2, 0.25) is 0 Å². The van der Waals surface area contributed by atoms with Gasteiger partial charge >= 0.3 is 0 Å². The Kier molecular flexibility index (Phi) is 10.7. The van der Waals surface area contributed by atoms with Gasteiger partial charge in [-0.1, -0.05) is 56.1 Å². The van der Waals surface area contributed by atoms with Crippen LogP contribution in [0, 0.1) is 11.5 Å². The lowest BCUT2D eigenvalue weighted by molar-refractivity contribution is 0.182. The molecule has 2 atom stereocenters. The van der Waals surface area contributed by atoms with Gasteiger partial charge in [-0.3, -0.25) is 0 Å². The minimum Gasteiger partial charge on any atom is -0.420 e. The van der Waals surface area contributed by atoms with Crippen LogP contribution >= 0.6 is 31.9 Å². The van der Waals surface area contributed by atoms with Gasteiger partial charge in [0.15, 0.2) is 0 Å². The van der Waals surface area contributed by atoms with Crippen molar-refractivity contribution in [1.29, 1.82) is 5.26 Å². The van der Waals surface area contributed by atoms with E-state index in [1.54, 1.807) is 6.26 Å². The van der Waals surface area contributed by atoms with Gasteiger partial charge in [0.1, 0.15) is 6.10 Å². The normalized spacial score (nSPS) is 11.8. The lowest BCUT2D eigenvalue weighted by Crippen LogP contribution is -2.03. The molecule has 121 valence electrons. The van der Waals surface area contributed by atoms with Crippen molar-refractivity contribution < 1.29 is 6.16 Å². The summed E-state index contributed by atoms with van der Waals surface area (Å²) in [6.45, 7) is 3.82. The molecule has 0 heterocycles. The molecule has 2 aromatic carbocycles. The molecule has 2 aromatic rings. The molecule has 0 aromatic heterocycles. The molecule has 2 rings (SSSR count). The maximum Gasteiger partial charge on any atom is 0.286 e. The van der Waals surface area contributed by atoms with Gasteiger partial charge in [-0.25, -0.2) is 0 Å². The Bertz CT molecular complexity index is 616. The van der Waals surface area contributed by atoms with E-state index in [9.17, 15) is 0 Å². The van der Waals surface area contributed by atoms with E-state index in [0.717, 1.165) is 14.5 Å². The first-order chi connectivity index (χ1) is 10.4. The van der Waals surface area contributed by atoms with Gasteiger partial charge in [0, 0.05) is 24.8 Å². The van der Waals surface area contributed by atoms with E-state index in [0.29, 0.717) is 0 Å². The molecule has 0 saturated carbocycles. The third-order valence-electron chi connectivity index (χ3n) is 2.96. The highest BCUT2D eigenvalue weighted by Crippen LogP contribution is 2.18. The van der Waals surface area contributed by atoms with E-state index >= 15 is 0 Å². The van der Waals surface area contributed by atoms with E-state index in [2.05, 4.69) is 31.9 Å². The molecular weight excluding hydrogens is 419 g/mol. The summed E-state index contributed by atoms with van der Waals surface area (Å²) in [5.41, 5.74) is 7.82. The molecule has 0 saturated heterocycles. The number of nitriles is 1. The zero-order chi connectivity index (χ0) is 16.5. The quantitative estimate of drug-likeness (QED) is 0.518. The first kappa shape index (κ1) is 21.7. The summed E-state index contributed by atoms with van der Waals surface area (Å²) in [6.07, 6.45) is 1.51. The monoisotopic (exact) mass is 438 g/mol. The molecule has 0 aliphatic carbocycles. The van der Waals surface area contributed by atoms with E-state index in [4.69, 9.17) is 15.7 Å². The average molecular weight is 440 g/mol. The summed E-state index contributed by atoms with van der Waals surface area (Å²) >= 11 is 6.68. The molecule has 3 radical (unpaired) electrons. The predicted molar refractivity (Wildman–Crippen MR) is 104 cm³/mol. The number of nitrogens with two attached hydrogens (primary N) is 1. The molecule has 0 bridgehead atoms. The molecule has 0 fully saturated rings. The Morgan fingerprint density at radius 1 is 0.957 bits per heavy atom. The topological polar surface area (TPSA) is 59.0 Å². The van der Waals surface area contributed by atoms with E-state index < -0.39 is 0 Å². The van der Waals surface area contributed by atoms with Crippen LogP contribution in [0.1, 0.15) is 38.5 Å². The number of benzene rings is 2. The second-order valence-corrected chi connectivity index (χ2v) is 6.57. The Hall–Kier alpha value is -1.29. The Morgan fingerprint density at radius 2 is 1.35 bits per heavy atom. The van der Waals surface area contributed by atoms with Crippen LogP contribution in [-0.4, -0.2) is 8.41 Å². The molecular formula is C17H20BBr2N2O. The Balaban J connectivity index is 0. The van der Waals surface area contributed by atoms with Gasteiger partial charge < -0.3 is 10.5 Å². The summed E-state index contributed by atoms with van der Waals surface area (Å²) in [6, 6.07) is 15.9. The summed E-state index contributed by atoms with van der Waals surface area (Å²) < 4.78 is 6.88. The van der Waals surface area contributed by atoms with E-state index in [-0.39, 0.29) is 22.0 Å². The molecule has 2 N–H and O–H groups in total. The Morgan fingerprint density at radius 3 is 1.70 bits per heavy atom. The molecule has 0 aliphatic heterocycles. The molecule has 3 nitrogen and oxygen atoms in total. The lowest BCUT2D eigenvalue weighted by Gasteiger charge is -2.07. The fraction of sp³-hybridized carbons (Fsp3) is 0.235. The van der Waals surface area contributed by atoms with Crippen molar-refractivity contribution in [1.82, 2.24) is 0 Å². The minimum atomic E-state index is -0.164. The standard InChI is InChI=1S/C9H8BrNO.C8H10BrN.B.H2/c1-7(12-6-11)8-2-4-9(10)5-3-8;1-6(10)7-2-4-8(9)5-3-7;;/h2-5,7H,1H3;2-6H,10H2,1H3;;1H/t7-;6-;;/m00../s1/i;;;1+1. The number of nitrogens with zero attached hydrogens (tertiary/aromatic N) is 1. The minimum absolute atomic E-state index is 0. The van der Waals surface area contributed by atoms with Crippen molar-refractivity contribution in [2.75, 3.05) is 0 Å². The molecule has 23 heavy (non-hydrogen) atoms. The maximum absolute atomic E-state index is 8.27. The van der Waals surface area contributed by atoms with Crippen LogP contribution in [0.3, 0.4) is 0 Å². The van der Waals surface area contributed by atoms with E-state index in [1.807, 2.05) is 62.4 Å². The van der Waals surface area contributed by atoms with Crippen LogP contribution in [0.25, 0.3) is 0 Å². The predicted octanol–water partition coefficient (Wildman–Crippen LogP) is 5.34. The van der Waals surface area contributed by atoms with Gasteiger partial charge in [0.2, 0.25) is 0 Å². The van der Waals surface area contributed by atoms with Crippen LogP contribution in [0.15, 0.2) is 57.5 Å². The Labute approximate surface area is 158 Å². The van der Waals surface area contributed by atoms with Crippen LogP contribution < -0.4 is 5.73 Å². The van der Waals surface area contributed by atoms with Gasteiger partial charge in [-0.05, 0) is 49.2 Å². The fourth-order valence-corrected chi connectivity index (χ4v) is 2.18. The zero-order valence-electron chi connectivity index (χ0n) is 13.0. The van der Waals surface area contributed by atoms with Crippen molar-refractivity contribution in [2.45, 2.75) is 26.0 Å². The van der Waals surface area contributed by atoms with Crippen molar-refractivity contribution in [3.05, 3.63) is 68.6 Å². The summed E-state index contributed by atoms with van der Waals surface area (Å²) in [5.74, 6) is 0. The molecule has 6 heteroatoms. The number of hydrogen-bond donors (Lipinski definition) is 1. The highest BCUT2D eigenvalue weighted by atomic mass is 79.9. The molecule has 0 aliphatic rings. The van der Waals surface area contributed by atoms with Crippen LogP contribution in [0.4, 0.5) is 0 Å². The van der Waals surface area contributed by atoms with Gasteiger partial charge in [0.05, 0.1) is 0 Å². The SMILES string of the molecule is C[C@H](N)c1ccc(Br)cc1.C[C@H](OC#N)c1ccc(Br)cc1.[2HH].[B]. The zero-order valence-corrected chi connectivity index (χ0v) is 16.2. The largest absolute Gasteiger partial charge is 0.420 e. The fourth-order valence-electron chi connectivity index (χ4n) is 1.65. The van der Waals surface area contributed by atoms with Gasteiger partial charge in [0.25, 0.3) is 6.26 Å².